The largest absolute Gasteiger partial charge is 0.346 e. The molecule has 0 aromatic carbocycles. The molecule has 3 aromatic heterocycles. The van der Waals surface area contributed by atoms with Crippen LogP contribution in [0, 0.1) is 0 Å². The van der Waals surface area contributed by atoms with E-state index in [9.17, 15) is 13.2 Å². The van der Waals surface area contributed by atoms with Crippen LogP contribution in [0.5, 0.6) is 0 Å². The molecular weight excluding hydrogens is 344 g/mol. The van der Waals surface area contributed by atoms with Gasteiger partial charge in [-0.3, -0.25) is 14.5 Å². The van der Waals surface area contributed by atoms with Gasteiger partial charge in [-0.25, -0.2) is 22.6 Å². The minimum atomic E-state index is -3.67. The number of nitrogens with one attached hydrogen (secondary N) is 1. The lowest BCUT2D eigenvalue weighted by atomic mass is 10.3. The summed E-state index contributed by atoms with van der Waals surface area (Å²) < 4.78 is 29.3. The number of aromatic nitrogens is 5. The van der Waals surface area contributed by atoms with Crippen LogP contribution in [0.4, 0.5) is 0 Å². The van der Waals surface area contributed by atoms with Crippen molar-refractivity contribution in [3.63, 3.8) is 0 Å². The van der Waals surface area contributed by atoms with E-state index in [2.05, 4.69) is 19.8 Å². The Bertz CT molecular complexity index is 1010. The fourth-order valence-electron chi connectivity index (χ4n) is 2.23. The molecule has 0 saturated heterocycles. The van der Waals surface area contributed by atoms with Gasteiger partial charge in [0, 0.05) is 32.2 Å². The van der Waals surface area contributed by atoms with Crippen molar-refractivity contribution in [2.75, 3.05) is 6.54 Å². The molecule has 0 fully saturated rings. The van der Waals surface area contributed by atoms with E-state index in [4.69, 9.17) is 0 Å². The van der Waals surface area contributed by atoms with E-state index in [1.54, 1.807) is 31.4 Å². The standard InChI is InChI=1S/C15H16N6O3S/c1-20-14(13-6-2-3-8-17-13)19-21(15(20)22)10-9-18-25(23,24)12-5-4-7-16-11-12/h2-8,11,18H,9-10H2,1H3. The highest BCUT2D eigenvalue weighted by Crippen LogP contribution is 2.10. The molecule has 130 valence electrons. The van der Waals surface area contributed by atoms with Gasteiger partial charge in [0.1, 0.15) is 10.6 Å². The summed E-state index contributed by atoms with van der Waals surface area (Å²) in [5.41, 5.74) is 0.220. The van der Waals surface area contributed by atoms with Crippen molar-refractivity contribution in [3.8, 4) is 11.5 Å². The summed E-state index contributed by atoms with van der Waals surface area (Å²) in [5.74, 6) is 0.417. The first-order valence-electron chi connectivity index (χ1n) is 7.44. The average molecular weight is 360 g/mol. The molecule has 0 atom stereocenters. The second kappa shape index (κ2) is 6.95. The molecule has 9 nitrogen and oxygen atoms in total. The maximum absolute atomic E-state index is 12.2. The number of hydrogen-bond donors (Lipinski definition) is 1. The predicted molar refractivity (Wildman–Crippen MR) is 90.1 cm³/mol. The van der Waals surface area contributed by atoms with Crippen molar-refractivity contribution >= 4 is 10.0 Å². The first kappa shape index (κ1) is 17.0. The SMILES string of the molecule is Cn1c(-c2ccccn2)nn(CCNS(=O)(=O)c2cccnc2)c1=O. The van der Waals surface area contributed by atoms with Crippen molar-refractivity contribution in [1.82, 2.24) is 29.0 Å². The van der Waals surface area contributed by atoms with Gasteiger partial charge < -0.3 is 0 Å². The smallest absolute Gasteiger partial charge is 0.277 e. The number of rotatable bonds is 6. The van der Waals surface area contributed by atoms with E-state index < -0.39 is 10.0 Å². The molecule has 0 aliphatic carbocycles. The van der Waals surface area contributed by atoms with Crippen LogP contribution in [0.15, 0.2) is 58.6 Å². The molecule has 0 saturated carbocycles. The molecule has 25 heavy (non-hydrogen) atoms. The summed E-state index contributed by atoms with van der Waals surface area (Å²) in [4.78, 5) is 20.3. The molecule has 1 N–H and O–H groups in total. The lowest BCUT2D eigenvalue weighted by Crippen LogP contribution is -2.31. The van der Waals surface area contributed by atoms with Gasteiger partial charge in [-0.05, 0) is 24.3 Å². The second-order valence-corrected chi connectivity index (χ2v) is 6.96. The van der Waals surface area contributed by atoms with Crippen molar-refractivity contribution in [3.05, 3.63) is 59.4 Å². The maximum atomic E-state index is 12.2. The van der Waals surface area contributed by atoms with Crippen LogP contribution in [0.3, 0.4) is 0 Å². The summed E-state index contributed by atoms with van der Waals surface area (Å²) >= 11 is 0. The van der Waals surface area contributed by atoms with Crippen LogP contribution in [0.2, 0.25) is 0 Å². The molecule has 0 aliphatic heterocycles. The molecule has 0 aliphatic rings. The van der Waals surface area contributed by atoms with E-state index in [1.807, 2.05) is 0 Å². The van der Waals surface area contributed by atoms with Crippen molar-refractivity contribution in [1.29, 1.82) is 0 Å². The third-order valence-corrected chi connectivity index (χ3v) is 4.94. The summed E-state index contributed by atoms with van der Waals surface area (Å²) in [6.45, 7) is 0.120. The van der Waals surface area contributed by atoms with Crippen LogP contribution >= 0.6 is 0 Å². The van der Waals surface area contributed by atoms with Gasteiger partial charge in [-0.2, -0.15) is 0 Å². The van der Waals surface area contributed by atoms with Gasteiger partial charge in [0.15, 0.2) is 5.82 Å². The highest BCUT2D eigenvalue weighted by molar-refractivity contribution is 7.89. The second-order valence-electron chi connectivity index (χ2n) is 5.19. The van der Waals surface area contributed by atoms with Crippen LogP contribution < -0.4 is 10.4 Å². The van der Waals surface area contributed by atoms with E-state index in [-0.39, 0.29) is 23.7 Å². The lowest BCUT2D eigenvalue weighted by Gasteiger charge is -2.05. The molecule has 0 bridgehead atoms. The Balaban J connectivity index is 1.74. The molecule has 3 heterocycles. The van der Waals surface area contributed by atoms with Crippen molar-refractivity contribution in [2.24, 2.45) is 7.05 Å². The van der Waals surface area contributed by atoms with Gasteiger partial charge in [-0.1, -0.05) is 6.07 Å². The highest BCUT2D eigenvalue weighted by atomic mass is 32.2. The first-order chi connectivity index (χ1) is 12.0. The normalized spacial score (nSPS) is 11.6. The fourth-order valence-corrected chi connectivity index (χ4v) is 3.21. The van der Waals surface area contributed by atoms with E-state index in [1.165, 1.54) is 33.8 Å². The van der Waals surface area contributed by atoms with Gasteiger partial charge in [0.2, 0.25) is 10.0 Å². The zero-order valence-corrected chi connectivity index (χ0v) is 14.2. The van der Waals surface area contributed by atoms with Gasteiger partial charge in [-0.15, -0.1) is 5.10 Å². The monoisotopic (exact) mass is 360 g/mol. The Kier molecular flexibility index (Phi) is 4.72. The third-order valence-electron chi connectivity index (χ3n) is 3.50. The number of hydrogen-bond acceptors (Lipinski definition) is 6. The first-order valence-corrected chi connectivity index (χ1v) is 8.92. The summed E-state index contributed by atoms with van der Waals surface area (Å²) in [6, 6.07) is 8.30. The Morgan fingerprint density at radius 2 is 2.00 bits per heavy atom. The van der Waals surface area contributed by atoms with Crippen LogP contribution in [-0.4, -0.2) is 39.3 Å². The maximum Gasteiger partial charge on any atom is 0.346 e. The fraction of sp³-hybridized carbons (Fsp3) is 0.200. The Morgan fingerprint density at radius 1 is 1.16 bits per heavy atom. The zero-order chi connectivity index (χ0) is 17.9. The highest BCUT2D eigenvalue weighted by Gasteiger charge is 2.15. The molecular formula is C15H16N6O3S. The van der Waals surface area contributed by atoms with Crippen molar-refractivity contribution in [2.45, 2.75) is 11.4 Å². The Labute approximate surface area is 144 Å². The van der Waals surface area contributed by atoms with Crippen LogP contribution in [0.25, 0.3) is 11.5 Å². The van der Waals surface area contributed by atoms with Gasteiger partial charge in [0.25, 0.3) is 0 Å². The quantitative estimate of drug-likeness (QED) is 0.663. The number of pyridine rings is 2. The number of sulfonamides is 1. The van der Waals surface area contributed by atoms with E-state index in [0.717, 1.165) is 0 Å². The Hall–Kier alpha value is -2.85. The minimum Gasteiger partial charge on any atom is -0.277 e. The number of nitrogens with zero attached hydrogens (tertiary/aromatic N) is 5. The molecule has 0 radical (unpaired) electrons. The molecule has 0 amide bonds. The summed E-state index contributed by atoms with van der Waals surface area (Å²) in [6.07, 6.45) is 4.36. The lowest BCUT2D eigenvalue weighted by molar-refractivity contribution is 0.550. The van der Waals surface area contributed by atoms with E-state index >= 15 is 0 Å². The zero-order valence-electron chi connectivity index (χ0n) is 13.4. The van der Waals surface area contributed by atoms with Crippen LogP contribution in [0.1, 0.15) is 0 Å². The van der Waals surface area contributed by atoms with E-state index in [0.29, 0.717) is 11.5 Å². The molecule has 3 rings (SSSR count). The molecule has 0 spiro atoms. The molecule has 0 unspecified atom stereocenters. The summed E-state index contributed by atoms with van der Waals surface area (Å²) in [5, 5.41) is 4.23. The average Bonchev–Trinajstić information content (AvgIpc) is 2.92. The predicted octanol–water partition coefficient (Wildman–Crippen LogP) is 0.0173. The molecule has 10 heteroatoms. The Morgan fingerprint density at radius 3 is 2.68 bits per heavy atom. The topological polar surface area (TPSA) is 112 Å². The van der Waals surface area contributed by atoms with Gasteiger partial charge >= 0.3 is 5.69 Å². The third kappa shape index (κ3) is 3.64. The molecule has 3 aromatic rings. The van der Waals surface area contributed by atoms with Gasteiger partial charge in [0.05, 0.1) is 6.54 Å². The minimum absolute atomic E-state index is 0.0236. The van der Waals surface area contributed by atoms with Crippen LogP contribution in [-0.2, 0) is 23.6 Å². The summed E-state index contributed by atoms with van der Waals surface area (Å²) in [7, 11) is -2.08. The van der Waals surface area contributed by atoms with Crippen molar-refractivity contribution < 1.29 is 8.42 Å².